The SMILES string of the molecule is C[C@@H]1[C@H](O)[C@@H](C)C=CC=CC=CC=CC=CC=CC=C[C@H](O[C@@H]2O[C@H](C)[C@@H](O[C@@H]3O[C@H](CO)[C@@H](O)[C@H](O)[C@@H]3O)[C@H](N)[C@@H]2O)C[C@@H]2O[C@](O)(C[C@@H](O)C[C@@H](O)[C@H](O)CC[C@@H](O)C[C@@H](O)CC(=O)O[C@H]1C)C[C@H](O)[C@H]2C(=O)O. The van der Waals surface area contributed by atoms with Crippen LogP contribution < -0.4 is 5.73 Å². The highest BCUT2D eigenvalue weighted by atomic mass is 16.7. The van der Waals surface area contributed by atoms with Crippen LogP contribution in [0.5, 0.6) is 0 Å². The third-order valence-electron chi connectivity index (χ3n) is 14.1. The van der Waals surface area contributed by atoms with Crippen LogP contribution in [0.3, 0.4) is 0 Å². The summed E-state index contributed by atoms with van der Waals surface area (Å²) in [7, 11) is 0. The van der Waals surface area contributed by atoms with Gasteiger partial charge in [-0.25, -0.2) is 0 Å². The standard InChI is InChI=1S/C53H83NO22/c1-28-17-15-13-11-9-7-5-6-8-10-12-14-16-18-35(73-51-46(65)43(54)49(31(4)72-51)75-52-48(67)47(66)45(64)40(27-55)74-52)24-39-42(50(68)69)38(61)26-53(70,76-39)25-34(58)22-37(60)36(59)20-19-32(56)21-33(57)23-41(62)71-30(3)29(2)44(28)63/h5-18,28-40,42-49,51-52,55-61,63-67,70H,19-27,54H2,1-4H3,(H,68,69)/t28-,29-,30-,31+,32+,33+,34-,35-,36+,37+,38-,39-,40+,42+,43+,44+,45+,46-,47-,48-,49+,51-,52-,53+/m0/s1. The Bertz CT molecular complexity index is 1980. The molecule has 0 radical (unpaired) electrons. The molecule has 0 aromatic rings. The monoisotopic (exact) mass is 1090 g/mol. The number of ether oxygens (including phenoxy) is 6. The maximum absolute atomic E-state index is 12.7. The van der Waals surface area contributed by atoms with Gasteiger partial charge in [-0.2, -0.15) is 0 Å². The number of carboxylic acids is 1. The van der Waals surface area contributed by atoms with Gasteiger partial charge in [0, 0.05) is 37.5 Å². The molecule has 432 valence electrons. The number of rotatable bonds is 6. The van der Waals surface area contributed by atoms with Crippen molar-refractivity contribution in [1.29, 1.82) is 0 Å². The van der Waals surface area contributed by atoms with E-state index in [9.17, 15) is 81.1 Å². The Morgan fingerprint density at radius 1 is 0.632 bits per heavy atom. The van der Waals surface area contributed by atoms with Crippen LogP contribution in [0, 0.1) is 17.8 Å². The molecule has 0 unspecified atom stereocenters. The molecule has 2 bridgehead atoms. The lowest BCUT2D eigenvalue weighted by atomic mass is 9.82. The quantitative estimate of drug-likeness (QED) is 0.135. The topological polar surface area (TPSA) is 399 Å². The highest BCUT2D eigenvalue weighted by Gasteiger charge is 2.52. The number of aliphatic hydroxyl groups excluding tert-OH is 12. The molecule has 3 fully saturated rings. The molecular weight excluding hydrogens is 1000 g/mol. The number of carboxylic acid groups (broad SMARTS) is 1. The van der Waals surface area contributed by atoms with Crippen molar-refractivity contribution in [2.75, 3.05) is 6.61 Å². The molecule has 24 atom stereocenters. The van der Waals surface area contributed by atoms with Gasteiger partial charge in [0.05, 0.1) is 80.1 Å². The molecule has 0 amide bonds. The van der Waals surface area contributed by atoms with Gasteiger partial charge in [-0.15, -0.1) is 0 Å². The second-order valence-electron chi connectivity index (χ2n) is 20.4. The Kier molecular flexibility index (Phi) is 26.7. The Morgan fingerprint density at radius 2 is 1.21 bits per heavy atom. The van der Waals surface area contributed by atoms with Crippen LogP contribution >= 0.6 is 0 Å². The molecule has 4 rings (SSSR count). The highest BCUT2D eigenvalue weighted by molar-refractivity contribution is 5.71. The third-order valence-corrected chi connectivity index (χ3v) is 14.1. The van der Waals surface area contributed by atoms with E-state index in [1.165, 1.54) is 19.1 Å². The van der Waals surface area contributed by atoms with E-state index in [1.54, 1.807) is 86.8 Å². The van der Waals surface area contributed by atoms with Crippen molar-refractivity contribution in [2.24, 2.45) is 23.5 Å². The minimum Gasteiger partial charge on any atom is -0.481 e. The molecule has 16 N–H and O–H groups in total. The van der Waals surface area contributed by atoms with Gasteiger partial charge in [-0.3, -0.25) is 9.59 Å². The average molecular weight is 1090 g/mol. The largest absolute Gasteiger partial charge is 0.481 e. The molecule has 0 aliphatic carbocycles. The molecule has 0 aromatic heterocycles. The number of aliphatic hydroxyl groups is 13. The summed E-state index contributed by atoms with van der Waals surface area (Å²) in [5.41, 5.74) is 6.44. The zero-order valence-electron chi connectivity index (χ0n) is 43.3. The van der Waals surface area contributed by atoms with Gasteiger partial charge in [-0.1, -0.05) is 98.9 Å². The maximum Gasteiger partial charge on any atom is 0.311 e. The summed E-state index contributed by atoms with van der Waals surface area (Å²) in [6, 6.07) is -1.33. The predicted octanol–water partition coefficient (Wildman–Crippen LogP) is -1.46. The van der Waals surface area contributed by atoms with Crippen LogP contribution in [0.2, 0.25) is 0 Å². The van der Waals surface area contributed by atoms with E-state index < -0.39 is 191 Å². The number of cyclic esters (lactones) is 1. The summed E-state index contributed by atoms with van der Waals surface area (Å²) >= 11 is 0. The van der Waals surface area contributed by atoms with Gasteiger partial charge in [0.2, 0.25) is 0 Å². The smallest absolute Gasteiger partial charge is 0.311 e. The van der Waals surface area contributed by atoms with E-state index in [1.807, 2.05) is 6.92 Å². The van der Waals surface area contributed by atoms with Crippen molar-refractivity contribution in [3.63, 3.8) is 0 Å². The van der Waals surface area contributed by atoms with Crippen molar-refractivity contribution >= 4 is 11.9 Å². The summed E-state index contributed by atoms with van der Waals surface area (Å²) in [6.45, 7) is 5.94. The zero-order valence-corrected chi connectivity index (χ0v) is 43.3. The van der Waals surface area contributed by atoms with Gasteiger partial charge in [0.15, 0.2) is 18.4 Å². The molecule has 4 heterocycles. The minimum atomic E-state index is -2.40. The molecule has 23 heteroatoms. The molecule has 76 heavy (non-hydrogen) atoms. The number of fused-ring (bicyclic) bond motifs is 2. The summed E-state index contributed by atoms with van der Waals surface area (Å²) in [6.07, 6.45) is -6.60. The number of allylic oxidation sites excluding steroid dienone is 12. The van der Waals surface area contributed by atoms with Crippen LogP contribution in [0.1, 0.15) is 79.1 Å². The third kappa shape index (κ3) is 19.6. The fourth-order valence-corrected chi connectivity index (χ4v) is 9.49. The Balaban J connectivity index is 1.57. The first-order valence-electron chi connectivity index (χ1n) is 25.8. The average Bonchev–Trinajstić information content (AvgIpc) is 3.34. The van der Waals surface area contributed by atoms with Crippen LogP contribution in [0.25, 0.3) is 0 Å². The molecular formula is C53H83NO22. The van der Waals surface area contributed by atoms with Crippen molar-refractivity contribution < 1.29 is 110 Å². The van der Waals surface area contributed by atoms with E-state index in [0.29, 0.717) is 0 Å². The van der Waals surface area contributed by atoms with E-state index in [0.717, 1.165) is 0 Å². The molecule has 0 aromatic carbocycles. The van der Waals surface area contributed by atoms with Gasteiger partial charge in [0.25, 0.3) is 0 Å². The summed E-state index contributed by atoms with van der Waals surface area (Å²) < 4.78 is 35.0. The summed E-state index contributed by atoms with van der Waals surface area (Å²) in [5, 5.41) is 150. The fourth-order valence-electron chi connectivity index (χ4n) is 9.49. The molecule has 23 nitrogen and oxygen atoms in total. The first-order valence-corrected chi connectivity index (χ1v) is 25.8. The number of hydrogen-bond acceptors (Lipinski definition) is 22. The first-order chi connectivity index (χ1) is 35.9. The second kappa shape index (κ2) is 31.2. The van der Waals surface area contributed by atoms with Gasteiger partial charge in [-0.05, 0) is 33.1 Å². The van der Waals surface area contributed by atoms with E-state index in [2.05, 4.69) is 0 Å². The van der Waals surface area contributed by atoms with Gasteiger partial charge < -0.3 is 106 Å². The number of aliphatic carboxylic acids is 1. The van der Waals surface area contributed by atoms with Crippen LogP contribution in [-0.4, -0.2) is 218 Å². The van der Waals surface area contributed by atoms with Crippen molar-refractivity contribution in [3.05, 3.63) is 85.1 Å². The molecule has 4 aliphatic heterocycles. The lowest BCUT2D eigenvalue weighted by Gasteiger charge is -2.47. The van der Waals surface area contributed by atoms with Gasteiger partial charge in [0.1, 0.15) is 48.6 Å². The van der Waals surface area contributed by atoms with Crippen molar-refractivity contribution in [2.45, 2.75) is 207 Å². The Morgan fingerprint density at radius 3 is 1.80 bits per heavy atom. The number of carbonyl (C=O) groups is 2. The number of esters is 1. The van der Waals surface area contributed by atoms with Crippen LogP contribution in [0.4, 0.5) is 0 Å². The van der Waals surface area contributed by atoms with E-state index in [4.69, 9.17) is 34.2 Å². The molecule has 0 spiro atoms. The normalized spacial score (nSPS) is 43.8. The summed E-state index contributed by atoms with van der Waals surface area (Å²) in [4.78, 5) is 25.3. The second-order valence-corrected chi connectivity index (χ2v) is 20.4. The van der Waals surface area contributed by atoms with Gasteiger partial charge >= 0.3 is 11.9 Å². The maximum atomic E-state index is 12.7. The van der Waals surface area contributed by atoms with Crippen LogP contribution in [0.15, 0.2) is 85.1 Å². The lowest BCUT2D eigenvalue weighted by molar-refractivity contribution is -0.345. The molecule has 0 saturated carbocycles. The number of hydrogen-bond donors (Lipinski definition) is 15. The van der Waals surface area contributed by atoms with Crippen LogP contribution in [-0.2, 0) is 38.0 Å². The fraction of sp³-hybridized carbons (Fsp3) is 0.698. The molecule has 3 saturated heterocycles. The Labute approximate surface area is 442 Å². The predicted molar refractivity (Wildman–Crippen MR) is 270 cm³/mol. The number of carbonyl (C=O) groups excluding carboxylic acids is 1. The van der Waals surface area contributed by atoms with E-state index >= 15 is 0 Å². The number of nitrogens with two attached hydrogens (primary N) is 1. The molecule has 4 aliphatic rings. The van der Waals surface area contributed by atoms with E-state index in [-0.39, 0.29) is 25.2 Å². The van der Waals surface area contributed by atoms with Crippen molar-refractivity contribution in [3.8, 4) is 0 Å². The highest BCUT2D eigenvalue weighted by Crippen LogP contribution is 2.38. The zero-order chi connectivity index (χ0) is 56.4. The summed E-state index contributed by atoms with van der Waals surface area (Å²) in [5.74, 6) is -7.11. The first kappa shape index (κ1) is 64.9. The minimum absolute atomic E-state index is 0.139. The Hall–Kier alpha value is -3.64. The lowest BCUT2D eigenvalue weighted by Crippen LogP contribution is -2.66. The van der Waals surface area contributed by atoms with Crippen molar-refractivity contribution in [1.82, 2.24) is 0 Å².